The van der Waals surface area contributed by atoms with E-state index in [1.165, 1.54) is 0 Å². The van der Waals surface area contributed by atoms with Crippen LogP contribution < -0.4 is 11.1 Å². The van der Waals surface area contributed by atoms with Crippen LogP contribution in [0, 0.1) is 0 Å². The first kappa shape index (κ1) is 14.3. The zero-order valence-electron chi connectivity index (χ0n) is 10.6. The molecule has 5 nitrogen and oxygen atoms in total. The standard InChI is InChI=1S/C13H20N2O3/c1-2-7-18-8-3-6-15-10-4-5-12(14)11(9-10)13(16)17/h4-5,9,15H,2-3,6-8,14H2,1H3,(H,16,17). The predicted octanol–water partition coefficient (Wildman–Crippen LogP) is 2.20. The zero-order chi connectivity index (χ0) is 13.4. The minimum atomic E-state index is -1.01. The number of carboxylic acid groups (broad SMARTS) is 1. The number of anilines is 2. The fourth-order valence-corrected chi connectivity index (χ4v) is 1.50. The molecule has 100 valence electrons. The van der Waals surface area contributed by atoms with Crippen LogP contribution in [0.5, 0.6) is 0 Å². The van der Waals surface area contributed by atoms with Gasteiger partial charge in [0, 0.05) is 31.1 Å². The summed E-state index contributed by atoms with van der Waals surface area (Å²) in [5, 5.41) is 12.1. The Morgan fingerprint density at radius 2 is 2.22 bits per heavy atom. The number of aromatic carboxylic acids is 1. The fourth-order valence-electron chi connectivity index (χ4n) is 1.50. The molecule has 0 saturated heterocycles. The Bertz CT molecular complexity index is 394. The Balaban J connectivity index is 2.38. The van der Waals surface area contributed by atoms with E-state index in [0.717, 1.165) is 31.7 Å². The van der Waals surface area contributed by atoms with Crippen molar-refractivity contribution in [1.82, 2.24) is 0 Å². The average molecular weight is 252 g/mol. The van der Waals surface area contributed by atoms with Crippen molar-refractivity contribution in [3.63, 3.8) is 0 Å². The minimum Gasteiger partial charge on any atom is -0.478 e. The Morgan fingerprint density at radius 1 is 1.44 bits per heavy atom. The molecular weight excluding hydrogens is 232 g/mol. The van der Waals surface area contributed by atoms with Crippen LogP contribution in [0.15, 0.2) is 18.2 Å². The molecule has 0 atom stereocenters. The molecule has 0 aromatic heterocycles. The molecule has 0 heterocycles. The lowest BCUT2D eigenvalue weighted by atomic mass is 10.1. The van der Waals surface area contributed by atoms with E-state index >= 15 is 0 Å². The molecule has 4 N–H and O–H groups in total. The molecule has 1 rings (SSSR count). The van der Waals surface area contributed by atoms with Crippen molar-refractivity contribution in [2.24, 2.45) is 0 Å². The summed E-state index contributed by atoms with van der Waals surface area (Å²) in [5.74, 6) is -1.01. The number of nitrogens with two attached hydrogens (primary N) is 1. The first-order chi connectivity index (χ1) is 8.65. The molecule has 0 bridgehead atoms. The van der Waals surface area contributed by atoms with Crippen LogP contribution in [-0.4, -0.2) is 30.8 Å². The van der Waals surface area contributed by atoms with Gasteiger partial charge in [0.15, 0.2) is 0 Å². The van der Waals surface area contributed by atoms with Crippen molar-refractivity contribution < 1.29 is 14.6 Å². The Labute approximate surface area is 107 Å². The molecule has 0 spiro atoms. The molecular formula is C13H20N2O3. The summed E-state index contributed by atoms with van der Waals surface area (Å²) in [5.41, 5.74) is 6.74. The van der Waals surface area contributed by atoms with Crippen molar-refractivity contribution in [3.05, 3.63) is 23.8 Å². The number of nitrogen functional groups attached to an aromatic ring is 1. The molecule has 0 fully saturated rings. The summed E-state index contributed by atoms with van der Waals surface area (Å²) in [4.78, 5) is 10.9. The second kappa shape index (κ2) is 7.55. The lowest BCUT2D eigenvalue weighted by molar-refractivity contribution is 0.0698. The summed E-state index contributed by atoms with van der Waals surface area (Å²) >= 11 is 0. The van der Waals surface area contributed by atoms with E-state index in [1.807, 2.05) is 0 Å². The minimum absolute atomic E-state index is 0.127. The van der Waals surface area contributed by atoms with Gasteiger partial charge < -0.3 is 20.9 Å². The summed E-state index contributed by atoms with van der Waals surface area (Å²) in [6.07, 6.45) is 1.90. The molecule has 0 amide bonds. The average Bonchev–Trinajstić information content (AvgIpc) is 2.35. The van der Waals surface area contributed by atoms with E-state index in [9.17, 15) is 4.79 Å². The molecule has 0 aliphatic carbocycles. The van der Waals surface area contributed by atoms with Gasteiger partial charge in [0.25, 0.3) is 0 Å². The number of carboxylic acids is 1. The third-order valence-electron chi connectivity index (χ3n) is 2.43. The van der Waals surface area contributed by atoms with Crippen LogP contribution in [0.3, 0.4) is 0 Å². The number of rotatable bonds is 8. The smallest absolute Gasteiger partial charge is 0.337 e. The maximum atomic E-state index is 10.9. The van der Waals surface area contributed by atoms with Gasteiger partial charge in [0.2, 0.25) is 0 Å². The van der Waals surface area contributed by atoms with Gasteiger partial charge in [0.05, 0.1) is 5.56 Å². The number of hydrogen-bond donors (Lipinski definition) is 3. The zero-order valence-corrected chi connectivity index (χ0v) is 10.6. The van der Waals surface area contributed by atoms with Gasteiger partial charge in [-0.05, 0) is 31.0 Å². The van der Waals surface area contributed by atoms with E-state index < -0.39 is 5.97 Å². The molecule has 0 unspecified atom stereocenters. The van der Waals surface area contributed by atoms with E-state index in [0.29, 0.717) is 6.61 Å². The topological polar surface area (TPSA) is 84.6 Å². The third kappa shape index (κ3) is 4.63. The quantitative estimate of drug-likeness (QED) is 0.488. The van der Waals surface area contributed by atoms with Gasteiger partial charge >= 0.3 is 5.97 Å². The number of nitrogens with one attached hydrogen (secondary N) is 1. The van der Waals surface area contributed by atoms with Gasteiger partial charge in [-0.25, -0.2) is 4.79 Å². The second-order valence-electron chi connectivity index (χ2n) is 4.00. The molecule has 0 aliphatic rings. The highest BCUT2D eigenvalue weighted by molar-refractivity contribution is 5.94. The van der Waals surface area contributed by atoms with E-state index in [-0.39, 0.29) is 11.3 Å². The lowest BCUT2D eigenvalue weighted by Crippen LogP contribution is -2.08. The molecule has 0 saturated carbocycles. The highest BCUT2D eigenvalue weighted by Crippen LogP contribution is 2.17. The van der Waals surface area contributed by atoms with E-state index in [2.05, 4.69) is 12.2 Å². The van der Waals surface area contributed by atoms with Gasteiger partial charge in [0.1, 0.15) is 0 Å². The number of benzene rings is 1. The van der Waals surface area contributed by atoms with Crippen LogP contribution >= 0.6 is 0 Å². The fraction of sp³-hybridized carbons (Fsp3) is 0.462. The van der Waals surface area contributed by atoms with Gasteiger partial charge in [-0.15, -0.1) is 0 Å². The predicted molar refractivity (Wildman–Crippen MR) is 72.0 cm³/mol. The molecule has 1 aromatic rings. The van der Waals surface area contributed by atoms with Crippen LogP contribution in [-0.2, 0) is 4.74 Å². The molecule has 0 radical (unpaired) electrons. The highest BCUT2D eigenvalue weighted by atomic mass is 16.5. The molecule has 5 heteroatoms. The van der Waals surface area contributed by atoms with E-state index in [1.54, 1.807) is 18.2 Å². The second-order valence-corrected chi connectivity index (χ2v) is 4.00. The molecule has 0 aliphatic heterocycles. The SMILES string of the molecule is CCCOCCCNc1ccc(N)c(C(=O)O)c1. The first-order valence-electron chi connectivity index (χ1n) is 6.09. The van der Waals surface area contributed by atoms with Crippen molar-refractivity contribution in [2.45, 2.75) is 19.8 Å². The maximum absolute atomic E-state index is 10.9. The van der Waals surface area contributed by atoms with Crippen LogP contribution in [0.1, 0.15) is 30.1 Å². The van der Waals surface area contributed by atoms with Crippen molar-refractivity contribution in [2.75, 3.05) is 30.8 Å². The summed E-state index contributed by atoms with van der Waals surface area (Å²) in [7, 11) is 0. The summed E-state index contributed by atoms with van der Waals surface area (Å²) in [6, 6.07) is 4.92. The Kier molecular flexibility index (Phi) is 6.00. The Morgan fingerprint density at radius 3 is 2.89 bits per heavy atom. The number of carbonyl (C=O) groups is 1. The first-order valence-corrected chi connectivity index (χ1v) is 6.09. The Hall–Kier alpha value is -1.75. The van der Waals surface area contributed by atoms with Gasteiger partial charge in [-0.1, -0.05) is 6.92 Å². The molecule has 1 aromatic carbocycles. The number of ether oxygens (including phenoxy) is 1. The maximum Gasteiger partial charge on any atom is 0.337 e. The van der Waals surface area contributed by atoms with Crippen molar-refractivity contribution in [3.8, 4) is 0 Å². The third-order valence-corrected chi connectivity index (χ3v) is 2.43. The monoisotopic (exact) mass is 252 g/mol. The summed E-state index contributed by atoms with van der Waals surface area (Å²) < 4.78 is 5.35. The van der Waals surface area contributed by atoms with Crippen molar-refractivity contribution >= 4 is 17.3 Å². The summed E-state index contributed by atoms with van der Waals surface area (Å²) in [6.45, 7) is 4.30. The van der Waals surface area contributed by atoms with Crippen LogP contribution in [0.4, 0.5) is 11.4 Å². The molecule has 18 heavy (non-hydrogen) atoms. The number of hydrogen-bond acceptors (Lipinski definition) is 4. The lowest BCUT2D eigenvalue weighted by Gasteiger charge is -2.08. The van der Waals surface area contributed by atoms with Crippen LogP contribution in [0.25, 0.3) is 0 Å². The van der Waals surface area contributed by atoms with Gasteiger partial charge in [-0.2, -0.15) is 0 Å². The largest absolute Gasteiger partial charge is 0.478 e. The highest BCUT2D eigenvalue weighted by Gasteiger charge is 2.08. The normalized spacial score (nSPS) is 10.3. The van der Waals surface area contributed by atoms with Crippen molar-refractivity contribution in [1.29, 1.82) is 0 Å². The van der Waals surface area contributed by atoms with E-state index in [4.69, 9.17) is 15.6 Å². The van der Waals surface area contributed by atoms with Gasteiger partial charge in [-0.3, -0.25) is 0 Å². The van der Waals surface area contributed by atoms with Crippen LogP contribution in [0.2, 0.25) is 0 Å².